The van der Waals surface area contributed by atoms with Gasteiger partial charge in [-0.15, -0.1) is 0 Å². The van der Waals surface area contributed by atoms with Gasteiger partial charge in [-0.2, -0.15) is 0 Å². The van der Waals surface area contributed by atoms with Crippen molar-refractivity contribution in [1.82, 2.24) is 0 Å². The highest BCUT2D eigenvalue weighted by Crippen LogP contribution is 2.26. The summed E-state index contributed by atoms with van der Waals surface area (Å²) in [7, 11) is 0. The Hall–Kier alpha value is -1.51. The van der Waals surface area contributed by atoms with Gasteiger partial charge < -0.3 is 4.74 Å². The minimum absolute atomic E-state index is 0.0491. The van der Waals surface area contributed by atoms with Crippen molar-refractivity contribution in [2.75, 3.05) is 0 Å². The van der Waals surface area contributed by atoms with E-state index in [9.17, 15) is 4.79 Å². The van der Waals surface area contributed by atoms with Gasteiger partial charge in [-0.1, -0.05) is 62.2 Å². The zero-order valence-corrected chi connectivity index (χ0v) is 14.3. The fraction of sp³-hybridized carbons (Fsp3) is 0.278. The van der Waals surface area contributed by atoms with Gasteiger partial charge in [0.25, 0.3) is 0 Å². The van der Waals surface area contributed by atoms with Crippen LogP contribution < -0.4 is 0 Å². The third-order valence-corrected chi connectivity index (χ3v) is 4.10. The first-order valence-corrected chi connectivity index (χ1v) is 7.75. The van der Waals surface area contributed by atoms with Crippen molar-refractivity contribution in [3.8, 4) is 0 Å². The number of hydrogen-bond donors (Lipinski definition) is 0. The summed E-state index contributed by atoms with van der Waals surface area (Å²) in [6, 6.07) is 12.6. The van der Waals surface area contributed by atoms with E-state index >= 15 is 0 Å². The number of hydrogen-bond acceptors (Lipinski definition) is 2. The molecule has 4 heteroatoms. The summed E-state index contributed by atoms with van der Waals surface area (Å²) in [4.78, 5) is 12.1. The highest BCUT2D eigenvalue weighted by molar-refractivity contribution is 6.35. The smallest absolute Gasteiger partial charge is 0.338 e. The van der Waals surface area contributed by atoms with Crippen molar-refractivity contribution < 1.29 is 9.53 Å². The van der Waals surface area contributed by atoms with Crippen molar-refractivity contribution in [2.45, 2.75) is 32.8 Å². The van der Waals surface area contributed by atoms with Crippen LogP contribution in [0.3, 0.4) is 0 Å². The molecular formula is C18H18Cl2O2. The molecule has 116 valence electrons. The van der Waals surface area contributed by atoms with Crippen molar-refractivity contribution >= 4 is 29.2 Å². The fourth-order valence-corrected chi connectivity index (χ4v) is 2.50. The van der Waals surface area contributed by atoms with Gasteiger partial charge in [0.05, 0.1) is 5.56 Å². The molecule has 0 fully saturated rings. The van der Waals surface area contributed by atoms with E-state index < -0.39 is 5.97 Å². The zero-order chi connectivity index (χ0) is 16.3. The summed E-state index contributed by atoms with van der Waals surface area (Å²) in [6.45, 7) is 6.43. The van der Waals surface area contributed by atoms with Gasteiger partial charge in [-0.05, 0) is 35.2 Å². The average Bonchev–Trinajstić information content (AvgIpc) is 2.46. The maximum absolute atomic E-state index is 12.1. The van der Waals surface area contributed by atoms with Crippen molar-refractivity contribution in [2.24, 2.45) is 0 Å². The van der Waals surface area contributed by atoms with Crippen molar-refractivity contribution in [3.05, 3.63) is 69.2 Å². The predicted molar refractivity (Wildman–Crippen MR) is 90.7 cm³/mol. The van der Waals surface area contributed by atoms with E-state index in [0.29, 0.717) is 21.2 Å². The number of halogens is 2. The lowest BCUT2D eigenvalue weighted by atomic mass is 9.87. The topological polar surface area (TPSA) is 26.3 Å². The van der Waals surface area contributed by atoms with Crippen LogP contribution in [0.5, 0.6) is 0 Å². The molecule has 22 heavy (non-hydrogen) atoms. The molecule has 0 spiro atoms. The average molecular weight is 337 g/mol. The number of carbonyl (C=O) groups is 1. The normalized spacial score (nSPS) is 11.3. The Kier molecular flexibility index (Phi) is 5.15. The summed E-state index contributed by atoms with van der Waals surface area (Å²) in [6.07, 6.45) is 0. The Morgan fingerprint density at radius 2 is 1.55 bits per heavy atom. The summed E-state index contributed by atoms with van der Waals surface area (Å²) < 4.78 is 5.29. The van der Waals surface area contributed by atoms with Crippen LogP contribution in [0.1, 0.15) is 42.3 Å². The zero-order valence-electron chi connectivity index (χ0n) is 12.8. The molecule has 2 aromatic carbocycles. The van der Waals surface area contributed by atoms with Gasteiger partial charge in [0.15, 0.2) is 0 Å². The van der Waals surface area contributed by atoms with E-state index in [2.05, 4.69) is 20.8 Å². The number of carbonyl (C=O) groups excluding carboxylic acids is 1. The van der Waals surface area contributed by atoms with Gasteiger partial charge in [0.2, 0.25) is 0 Å². The number of ether oxygens (including phenoxy) is 1. The largest absolute Gasteiger partial charge is 0.457 e. The van der Waals surface area contributed by atoms with Crippen LogP contribution in [0.2, 0.25) is 10.0 Å². The predicted octanol–water partition coefficient (Wildman–Crippen LogP) is 5.65. The minimum Gasteiger partial charge on any atom is -0.457 e. The monoisotopic (exact) mass is 336 g/mol. The second kappa shape index (κ2) is 6.72. The van der Waals surface area contributed by atoms with Crippen LogP contribution in [-0.4, -0.2) is 5.97 Å². The molecule has 0 N–H and O–H groups in total. The van der Waals surface area contributed by atoms with E-state index in [1.165, 1.54) is 0 Å². The SMILES string of the molecule is CC(C)(C)c1ccc(C(=O)OCc2c(Cl)cccc2Cl)cc1. The van der Waals surface area contributed by atoms with E-state index in [0.717, 1.165) is 5.56 Å². The van der Waals surface area contributed by atoms with Gasteiger partial charge in [-0.25, -0.2) is 4.79 Å². The number of rotatable bonds is 3. The van der Waals surface area contributed by atoms with Crippen LogP contribution in [0.25, 0.3) is 0 Å². The Labute approximate surface area is 141 Å². The lowest BCUT2D eigenvalue weighted by Gasteiger charge is -2.19. The highest BCUT2D eigenvalue weighted by Gasteiger charge is 2.15. The molecule has 0 unspecified atom stereocenters. The first-order chi connectivity index (χ1) is 10.3. The van der Waals surface area contributed by atoms with Crippen LogP contribution in [0.15, 0.2) is 42.5 Å². The first kappa shape index (κ1) is 16.9. The first-order valence-electron chi connectivity index (χ1n) is 6.99. The molecule has 0 saturated heterocycles. The molecule has 2 nitrogen and oxygen atoms in total. The Morgan fingerprint density at radius 1 is 1.00 bits per heavy atom. The van der Waals surface area contributed by atoms with E-state index in [4.69, 9.17) is 27.9 Å². The van der Waals surface area contributed by atoms with Gasteiger partial charge >= 0.3 is 5.97 Å². The van der Waals surface area contributed by atoms with Crippen LogP contribution in [0, 0.1) is 0 Å². The second-order valence-electron chi connectivity index (χ2n) is 6.10. The molecule has 0 saturated carbocycles. The molecule has 2 aromatic rings. The highest BCUT2D eigenvalue weighted by atomic mass is 35.5. The molecule has 0 aromatic heterocycles. The molecule has 0 radical (unpaired) electrons. The van der Waals surface area contributed by atoms with E-state index in [1.807, 2.05) is 12.1 Å². The Balaban J connectivity index is 2.07. The van der Waals surface area contributed by atoms with Crippen molar-refractivity contribution in [3.63, 3.8) is 0 Å². The van der Waals surface area contributed by atoms with Gasteiger partial charge in [0.1, 0.15) is 6.61 Å². The fourth-order valence-electron chi connectivity index (χ4n) is 2.00. The lowest BCUT2D eigenvalue weighted by molar-refractivity contribution is 0.0473. The third-order valence-electron chi connectivity index (χ3n) is 3.40. The molecule has 0 aliphatic rings. The molecule has 2 rings (SSSR count). The molecule has 0 amide bonds. The van der Waals surface area contributed by atoms with E-state index in [1.54, 1.807) is 30.3 Å². The molecule has 0 atom stereocenters. The van der Waals surface area contributed by atoms with Gasteiger partial charge in [-0.3, -0.25) is 0 Å². The van der Waals surface area contributed by atoms with E-state index in [-0.39, 0.29) is 12.0 Å². The Morgan fingerprint density at radius 3 is 2.05 bits per heavy atom. The standard InChI is InChI=1S/C18H18Cl2O2/c1-18(2,3)13-9-7-12(8-10-13)17(21)22-11-14-15(19)5-4-6-16(14)20/h4-10H,11H2,1-3H3. The third kappa shape index (κ3) is 4.02. The maximum Gasteiger partial charge on any atom is 0.338 e. The number of esters is 1. The number of benzene rings is 2. The molecule has 0 aliphatic carbocycles. The molecule has 0 aliphatic heterocycles. The lowest BCUT2D eigenvalue weighted by Crippen LogP contribution is -2.12. The quantitative estimate of drug-likeness (QED) is 0.677. The van der Waals surface area contributed by atoms with Crippen LogP contribution >= 0.6 is 23.2 Å². The maximum atomic E-state index is 12.1. The summed E-state index contributed by atoms with van der Waals surface area (Å²) >= 11 is 12.1. The molecule has 0 bridgehead atoms. The van der Waals surface area contributed by atoms with Crippen molar-refractivity contribution in [1.29, 1.82) is 0 Å². The molecular weight excluding hydrogens is 319 g/mol. The summed E-state index contributed by atoms with van der Waals surface area (Å²) in [5, 5.41) is 0.978. The Bertz CT molecular complexity index is 650. The van der Waals surface area contributed by atoms with Crippen LogP contribution in [0.4, 0.5) is 0 Å². The minimum atomic E-state index is -0.392. The second-order valence-corrected chi connectivity index (χ2v) is 6.92. The molecule has 0 heterocycles. The van der Waals surface area contributed by atoms with Gasteiger partial charge in [0, 0.05) is 15.6 Å². The summed E-state index contributed by atoms with van der Waals surface area (Å²) in [5.41, 5.74) is 2.34. The van der Waals surface area contributed by atoms with Crippen LogP contribution in [-0.2, 0) is 16.8 Å². The summed E-state index contributed by atoms with van der Waals surface area (Å²) in [5.74, 6) is -0.392.